The Hall–Kier alpha value is -3.12. The molecule has 2 aliphatic rings. The van der Waals surface area contributed by atoms with Gasteiger partial charge in [0, 0.05) is 49.2 Å². The van der Waals surface area contributed by atoms with Gasteiger partial charge in [-0.25, -0.2) is 4.79 Å². The normalized spacial score (nSPS) is 15.2. The third-order valence-electron chi connectivity index (χ3n) is 7.77. The van der Waals surface area contributed by atoms with Gasteiger partial charge in [-0.3, -0.25) is 0 Å². The molecule has 1 heterocycles. The maximum absolute atomic E-state index is 13.0. The molecule has 1 amide bonds. The molecular formula is C29H33N3O2S. The van der Waals surface area contributed by atoms with Crippen LogP contribution in [0.15, 0.2) is 48.5 Å². The highest BCUT2D eigenvalue weighted by Gasteiger charge is 2.31. The summed E-state index contributed by atoms with van der Waals surface area (Å²) in [5.41, 5.74) is 18.1. The molecule has 0 bridgehead atoms. The Bertz CT molecular complexity index is 1240. The Labute approximate surface area is 213 Å². The van der Waals surface area contributed by atoms with Crippen molar-refractivity contribution in [1.82, 2.24) is 4.90 Å². The van der Waals surface area contributed by atoms with Crippen LogP contribution in [0.5, 0.6) is 0 Å². The molecule has 0 spiro atoms. The molecule has 0 unspecified atom stereocenters. The summed E-state index contributed by atoms with van der Waals surface area (Å²) >= 11 is 4.54. The van der Waals surface area contributed by atoms with E-state index in [1.165, 1.54) is 39.1 Å². The Morgan fingerprint density at radius 2 is 1.49 bits per heavy atom. The van der Waals surface area contributed by atoms with E-state index < -0.39 is 0 Å². The number of amides is 1. The highest BCUT2D eigenvalue weighted by atomic mass is 32.1. The van der Waals surface area contributed by atoms with E-state index in [1.54, 1.807) is 0 Å². The SMILES string of the molecule is Cc1c(N)c(C)c(N2CCN(C(=O)OCC3c4ccccc4-c4ccccc43)CC2)c(C)c1CS. The van der Waals surface area contributed by atoms with Gasteiger partial charge in [0.15, 0.2) is 0 Å². The summed E-state index contributed by atoms with van der Waals surface area (Å²) in [5, 5.41) is 0. The van der Waals surface area contributed by atoms with Gasteiger partial charge >= 0.3 is 6.09 Å². The van der Waals surface area contributed by atoms with Gasteiger partial charge in [-0.05, 0) is 65.3 Å². The zero-order valence-electron chi connectivity index (χ0n) is 20.7. The van der Waals surface area contributed by atoms with E-state index in [9.17, 15) is 4.79 Å². The fourth-order valence-electron chi connectivity index (χ4n) is 5.79. The molecule has 35 heavy (non-hydrogen) atoms. The number of nitrogen functional groups attached to an aromatic ring is 1. The minimum Gasteiger partial charge on any atom is -0.448 e. The third-order valence-corrected chi connectivity index (χ3v) is 8.09. The van der Waals surface area contributed by atoms with Crippen LogP contribution in [0.3, 0.4) is 0 Å². The molecule has 2 N–H and O–H groups in total. The van der Waals surface area contributed by atoms with Crippen LogP contribution in [0, 0.1) is 20.8 Å². The van der Waals surface area contributed by atoms with Crippen molar-refractivity contribution in [3.63, 3.8) is 0 Å². The molecule has 0 atom stereocenters. The maximum Gasteiger partial charge on any atom is 0.409 e. The van der Waals surface area contributed by atoms with Crippen LogP contribution in [0.2, 0.25) is 0 Å². The first kappa shape index (κ1) is 23.6. The predicted molar refractivity (Wildman–Crippen MR) is 147 cm³/mol. The van der Waals surface area contributed by atoms with Crippen LogP contribution in [-0.2, 0) is 10.5 Å². The van der Waals surface area contributed by atoms with Gasteiger partial charge in [0.05, 0.1) is 0 Å². The van der Waals surface area contributed by atoms with Crippen molar-refractivity contribution in [1.29, 1.82) is 0 Å². The van der Waals surface area contributed by atoms with Crippen molar-refractivity contribution >= 4 is 30.1 Å². The quantitative estimate of drug-likeness (QED) is 0.366. The molecule has 5 nitrogen and oxygen atoms in total. The summed E-state index contributed by atoms with van der Waals surface area (Å²) in [7, 11) is 0. The van der Waals surface area contributed by atoms with E-state index in [4.69, 9.17) is 10.5 Å². The fourth-order valence-corrected chi connectivity index (χ4v) is 6.26. The van der Waals surface area contributed by atoms with Gasteiger partial charge in [0.2, 0.25) is 0 Å². The Balaban J connectivity index is 1.26. The number of anilines is 2. The summed E-state index contributed by atoms with van der Waals surface area (Å²) in [6, 6.07) is 16.8. The zero-order chi connectivity index (χ0) is 24.7. The van der Waals surface area contributed by atoms with Crippen LogP contribution >= 0.6 is 12.6 Å². The summed E-state index contributed by atoms with van der Waals surface area (Å²) in [6.07, 6.45) is -0.237. The lowest BCUT2D eigenvalue weighted by Gasteiger charge is -2.38. The predicted octanol–water partition coefficient (Wildman–Crippen LogP) is 5.69. The fraction of sp³-hybridized carbons (Fsp3) is 0.345. The smallest absolute Gasteiger partial charge is 0.409 e. The van der Waals surface area contributed by atoms with Gasteiger partial charge < -0.3 is 20.3 Å². The lowest BCUT2D eigenvalue weighted by atomic mass is 9.95. The average molecular weight is 488 g/mol. The average Bonchev–Trinajstić information content (AvgIpc) is 3.20. The van der Waals surface area contributed by atoms with E-state index in [0.29, 0.717) is 25.4 Å². The number of ether oxygens (including phenoxy) is 1. The molecular weight excluding hydrogens is 454 g/mol. The van der Waals surface area contributed by atoms with Crippen LogP contribution in [0.1, 0.15) is 39.3 Å². The molecule has 0 radical (unpaired) electrons. The largest absolute Gasteiger partial charge is 0.448 e. The van der Waals surface area contributed by atoms with Gasteiger partial charge in [-0.2, -0.15) is 12.6 Å². The number of nitrogens with two attached hydrogens (primary N) is 1. The molecule has 1 saturated heterocycles. The number of piperazine rings is 1. The second kappa shape index (κ2) is 9.50. The first-order valence-electron chi connectivity index (χ1n) is 12.3. The van der Waals surface area contributed by atoms with E-state index in [0.717, 1.165) is 29.9 Å². The molecule has 1 fully saturated rings. The van der Waals surface area contributed by atoms with Crippen LogP contribution in [0.25, 0.3) is 11.1 Å². The summed E-state index contributed by atoms with van der Waals surface area (Å²) < 4.78 is 5.88. The highest BCUT2D eigenvalue weighted by Crippen LogP contribution is 2.44. The first-order chi connectivity index (χ1) is 16.9. The molecule has 0 aromatic heterocycles. The minimum atomic E-state index is -0.237. The number of thiol groups is 1. The van der Waals surface area contributed by atoms with Crippen molar-refractivity contribution < 1.29 is 9.53 Å². The van der Waals surface area contributed by atoms with Crippen molar-refractivity contribution in [2.45, 2.75) is 32.4 Å². The van der Waals surface area contributed by atoms with E-state index >= 15 is 0 Å². The molecule has 182 valence electrons. The molecule has 0 saturated carbocycles. The number of nitrogens with zero attached hydrogens (tertiary/aromatic N) is 2. The zero-order valence-corrected chi connectivity index (χ0v) is 21.6. The number of fused-ring (bicyclic) bond motifs is 3. The Morgan fingerprint density at radius 1 is 0.914 bits per heavy atom. The number of hydrogen-bond acceptors (Lipinski definition) is 5. The van der Waals surface area contributed by atoms with E-state index in [-0.39, 0.29) is 12.0 Å². The Morgan fingerprint density at radius 3 is 2.06 bits per heavy atom. The van der Waals surface area contributed by atoms with Crippen molar-refractivity contribution in [2.24, 2.45) is 0 Å². The molecule has 1 aliphatic carbocycles. The van der Waals surface area contributed by atoms with Crippen LogP contribution < -0.4 is 10.6 Å². The lowest BCUT2D eigenvalue weighted by Crippen LogP contribution is -2.49. The van der Waals surface area contributed by atoms with Gasteiger partial charge in [-0.15, -0.1) is 0 Å². The Kier molecular flexibility index (Phi) is 6.41. The molecule has 3 aromatic rings. The first-order valence-corrected chi connectivity index (χ1v) is 12.9. The number of rotatable bonds is 4. The molecule has 6 heteroatoms. The topological polar surface area (TPSA) is 58.8 Å². The van der Waals surface area contributed by atoms with Crippen molar-refractivity contribution in [3.8, 4) is 11.1 Å². The number of hydrogen-bond donors (Lipinski definition) is 2. The molecule has 3 aromatic carbocycles. The van der Waals surface area contributed by atoms with E-state index in [2.05, 4.69) is 86.8 Å². The lowest BCUT2D eigenvalue weighted by molar-refractivity contribution is 0.0977. The van der Waals surface area contributed by atoms with Gasteiger partial charge in [0.1, 0.15) is 6.61 Å². The van der Waals surface area contributed by atoms with Gasteiger partial charge in [0.25, 0.3) is 0 Å². The van der Waals surface area contributed by atoms with E-state index in [1.807, 2.05) is 4.90 Å². The minimum absolute atomic E-state index is 0.0770. The molecule has 1 aliphatic heterocycles. The summed E-state index contributed by atoms with van der Waals surface area (Å²) in [4.78, 5) is 17.2. The van der Waals surface area contributed by atoms with Crippen molar-refractivity contribution in [3.05, 3.63) is 81.9 Å². The number of carbonyl (C=O) groups is 1. The molecule has 5 rings (SSSR count). The highest BCUT2D eigenvalue weighted by molar-refractivity contribution is 7.79. The van der Waals surface area contributed by atoms with Gasteiger partial charge in [-0.1, -0.05) is 48.5 Å². The monoisotopic (exact) mass is 487 g/mol. The second-order valence-corrected chi connectivity index (χ2v) is 9.87. The summed E-state index contributed by atoms with van der Waals surface area (Å²) in [5.74, 6) is 0.739. The maximum atomic E-state index is 13.0. The third kappa shape index (κ3) is 4.04. The number of benzene rings is 3. The second-order valence-electron chi connectivity index (χ2n) is 9.55. The van der Waals surface area contributed by atoms with Crippen molar-refractivity contribution in [2.75, 3.05) is 43.4 Å². The van der Waals surface area contributed by atoms with Crippen LogP contribution in [-0.4, -0.2) is 43.8 Å². The standard InChI is InChI=1S/C29H33N3O2S/c1-18-26(17-35)19(2)28(20(3)27(18)30)31-12-14-32(15-13-31)29(33)34-16-25-23-10-6-4-8-21(23)22-9-5-7-11-24(22)25/h4-11,25,35H,12-17,30H2,1-3H3. The number of carbonyl (C=O) groups excluding carboxylic acids is 1. The van der Waals surface area contributed by atoms with Crippen LogP contribution in [0.4, 0.5) is 16.2 Å². The summed E-state index contributed by atoms with van der Waals surface area (Å²) in [6.45, 7) is 9.41.